The number of ether oxygens (including phenoxy) is 1. The maximum atomic E-state index is 12.4. The number of benzene rings is 1. The van der Waals surface area contributed by atoms with E-state index in [0.717, 1.165) is 19.3 Å². The first-order valence-corrected chi connectivity index (χ1v) is 10.8. The van der Waals surface area contributed by atoms with Gasteiger partial charge in [0.15, 0.2) is 0 Å². The minimum absolute atomic E-state index is 0.0295. The SMILES string of the molecule is COc1ccc(S(=O)(=O)NCCNC(=O)C2CC3CCCC(C2)C3=O)cc1. The number of nitrogens with one attached hydrogen (secondary N) is 2. The van der Waals surface area contributed by atoms with E-state index in [-0.39, 0.29) is 41.6 Å². The number of hydrogen-bond donors (Lipinski definition) is 2. The van der Waals surface area contributed by atoms with Crippen LogP contribution in [-0.2, 0) is 19.6 Å². The second-order valence-corrected chi connectivity index (χ2v) is 9.03. The van der Waals surface area contributed by atoms with Gasteiger partial charge in [-0.25, -0.2) is 13.1 Å². The van der Waals surface area contributed by atoms with Gasteiger partial charge in [0.1, 0.15) is 11.5 Å². The van der Waals surface area contributed by atoms with Crippen molar-refractivity contribution in [3.8, 4) is 5.75 Å². The highest BCUT2D eigenvalue weighted by atomic mass is 32.2. The number of rotatable bonds is 7. The molecule has 27 heavy (non-hydrogen) atoms. The second kappa shape index (κ2) is 8.39. The minimum Gasteiger partial charge on any atom is -0.497 e. The average Bonchev–Trinajstić information content (AvgIpc) is 2.65. The quantitative estimate of drug-likeness (QED) is 0.682. The number of amides is 1. The summed E-state index contributed by atoms with van der Waals surface area (Å²) in [5.41, 5.74) is 0. The Labute approximate surface area is 159 Å². The molecule has 1 aromatic rings. The number of carbonyl (C=O) groups excluding carboxylic acids is 2. The summed E-state index contributed by atoms with van der Waals surface area (Å²) < 4.78 is 32.0. The normalized spacial score (nSPS) is 25.1. The van der Waals surface area contributed by atoms with E-state index in [1.165, 1.54) is 19.2 Å². The summed E-state index contributed by atoms with van der Waals surface area (Å²) in [7, 11) is -2.12. The monoisotopic (exact) mass is 394 g/mol. The highest BCUT2D eigenvalue weighted by Crippen LogP contribution is 2.40. The zero-order valence-corrected chi connectivity index (χ0v) is 16.3. The van der Waals surface area contributed by atoms with Crippen LogP contribution in [0.5, 0.6) is 5.75 Å². The van der Waals surface area contributed by atoms with E-state index in [0.29, 0.717) is 24.4 Å². The van der Waals surface area contributed by atoms with Gasteiger partial charge in [0.25, 0.3) is 0 Å². The zero-order valence-electron chi connectivity index (χ0n) is 15.4. The first kappa shape index (κ1) is 19.8. The Morgan fingerprint density at radius 1 is 1.11 bits per heavy atom. The van der Waals surface area contributed by atoms with Crippen LogP contribution in [0.2, 0.25) is 0 Å². The number of hydrogen-bond acceptors (Lipinski definition) is 5. The molecule has 8 heteroatoms. The van der Waals surface area contributed by atoms with Crippen LogP contribution in [-0.4, -0.2) is 40.3 Å². The number of ketones is 1. The molecule has 148 valence electrons. The Morgan fingerprint density at radius 3 is 2.33 bits per heavy atom. The van der Waals surface area contributed by atoms with Gasteiger partial charge in [-0.3, -0.25) is 9.59 Å². The molecule has 7 nitrogen and oxygen atoms in total. The van der Waals surface area contributed by atoms with Gasteiger partial charge in [-0.2, -0.15) is 0 Å². The predicted molar refractivity (Wildman–Crippen MR) is 99.8 cm³/mol. The summed E-state index contributed by atoms with van der Waals surface area (Å²) >= 11 is 0. The number of sulfonamides is 1. The Balaban J connectivity index is 1.45. The number of Topliss-reactive ketones (excluding diaryl/α,β-unsaturated/α-hetero) is 1. The Bertz CT molecular complexity index is 775. The smallest absolute Gasteiger partial charge is 0.240 e. The zero-order chi connectivity index (χ0) is 19.4. The van der Waals surface area contributed by atoms with Gasteiger partial charge in [-0.1, -0.05) is 6.42 Å². The van der Waals surface area contributed by atoms with E-state index in [2.05, 4.69) is 10.0 Å². The molecule has 0 aliphatic heterocycles. The van der Waals surface area contributed by atoms with Gasteiger partial charge in [-0.05, 0) is 49.9 Å². The molecule has 2 saturated carbocycles. The minimum atomic E-state index is -3.63. The van der Waals surface area contributed by atoms with E-state index in [9.17, 15) is 18.0 Å². The van der Waals surface area contributed by atoms with Crippen molar-refractivity contribution in [3.05, 3.63) is 24.3 Å². The largest absolute Gasteiger partial charge is 0.497 e. The van der Waals surface area contributed by atoms with Crippen LogP contribution in [0.3, 0.4) is 0 Å². The Kier molecular flexibility index (Phi) is 6.16. The van der Waals surface area contributed by atoms with Crippen LogP contribution in [0.1, 0.15) is 32.1 Å². The van der Waals surface area contributed by atoms with Crippen molar-refractivity contribution in [1.29, 1.82) is 0 Å². The van der Waals surface area contributed by atoms with E-state index >= 15 is 0 Å². The lowest BCUT2D eigenvalue weighted by molar-refractivity contribution is -0.137. The molecule has 1 aromatic carbocycles. The molecule has 2 aliphatic carbocycles. The van der Waals surface area contributed by atoms with Gasteiger partial charge in [0.05, 0.1) is 12.0 Å². The van der Waals surface area contributed by atoms with Crippen molar-refractivity contribution in [3.63, 3.8) is 0 Å². The standard InChI is InChI=1S/C19H26N2O5S/c1-26-16-5-7-17(8-6-16)27(24,25)21-10-9-20-19(23)15-11-13-3-2-4-14(12-15)18(13)22/h5-8,13-15,21H,2-4,9-12H2,1H3,(H,20,23). The number of carbonyl (C=O) groups is 2. The molecular formula is C19H26N2O5S. The molecular weight excluding hydrogens is 368 g/mol. The van der Waals surface area contributed by atoms with Crippen LogP contribution >= 0.6 is 0 Å². The lowest BCUT2D eigenvalue weighted by Gasteiger charge is -2.36. The van der Waals surface area contributed by atoms with Crippen molar-refractivity contribution in [2.75, 3.05) is 20.2 Å². The Morgan fingerprint density at radius 2 is 1.74 bits per heavy atom. The van der Waals surface area contributed by atoms with Crippen LogP contribution in [0, 0.1) is 17.8 Å². The van der Waals surface area contributed by atoms with Crippen molar-refractivity contribution >= 4 is 21.7 Å². The topological polar surface area (TPSA) is 102 Å². The van der Waals surface area contributed by atoms with Crippen LogP contribution in [0.25, 0.3) is 0 Å². The molecule has 0 heterocycles. The fraction of sp³-hybridized carbons (Fsp3) is 0.579. The molecule has 0 aromatic heterocycles. The third-order valence-corrected chi connectivity index (χ3v) is 6.98. The Hall–Kier alpha value is -1.93. The highest BCUT2D eigenvalue weighted by Gasteiger charge is 2.41. The van der Waals surface area contributed by atoms with Gasteiger partial charge in [-0.15, -0.1) is 0 Å². The molecule has 1 amide bonds. The van der Waals surface area contributed by atoms with Crippen molar-refractivity contribution < 1.29 is 22.7 Å². The van der Waals surface area contributed by atoms with Gasteiger partial charge >= 0.3 is 0 Å². The summed E-state index contributed by atoms with van der Waals surface area (Å²) in [6.07, 6.45) is 4.10. The molecule has 0 saturated heterocycles. The van der Waals surface area contributed by atoms with Crippen LogP contribution in [0.15, 0.2) is 29.2 Å². The first-order valence-electron chi connectivity index (χ1n) is 9.36. The third-order valence-electron chi connectivity index (χ3n) is 5.50. The molecule has 2 unspecified atom stereocenters. The maximum absolute atomic E-state index is 12.4. The summed E-state index contributed by atoms with van der Waals surface area (Å²) in [5.74, 6) is 0.748. The van der Waals surface area contributed by atoms with E-state index in [4.69, 9.17) is 4.74 Å². The fourth-order valence-corrected chi connectivity index (χ4v) is 5.08. The summed E-state index contributed by atoms with van der Waals surface area (Å²) in [5, 5.41) is 2.80. The van der Waals surface area contributed by atoms with Gasteiger partial charge in [0.2, 0.25) is 15.9 Å². The summed E-state index contributed by atoms with van der Waals surface area (Å²) in [6.45, 7) is 0.326. The fourth-order valence-electron chi connectivity index (χ4n) is 4.05. The third kappa shape index (κ3) is 4.68. The molecule has 3 rings (SSSR count). The molecule has 0 spiro atoms. The van der Waals surface area contributed by atoms with Gasteiger partial charge < -0.3 is 10.1 Å². The summed E-state index contributed by atoms with van der Waals surface area (Å²) in [4.78, 5) is 24.6. The van der Waals surface area contributed by atoms with Crippen molar-refractivity contribution in [1.82, 2.24) is 10.0 Å². The lowest BCUT2D eigenvalue weighted by atomic mass is 9.67. The molecule has 2 N–H and O–H groups in total. The average molecular weight is 394 g/mol. The van der Waals surface area contributed by atoms with Crippen LogP contribution in [0.4, 0.5) is 0 Å². The second-order valence-electron chi connectivity index (χ2n) is 7.26. The summed E-state index contributed by atoms with van der Waals surface area (Å²) in [6, 6.07) is 6.10. The molecule has 2 bridgehead atoms. The highest BCUT2D eigenvalue weighted by molar-refractivity contribution is 7.89. The van der Waals surface area contributed by atoms with E-state index in [1.807, 2.05) is 0 Å². The van der Waals surface area contributed by atoms with Crippen molar-refractivity contribution in [2.45, 2.75) is 37.0 Å². The van der Waals surface area contributed by atoms with E-state index in [1.54, 1.807) is 12.1 Å². The van der Waals surface area contributed by atoms with Crippen molar-refractivity contribution in [2.24, 2.45) is 17.8 Å². The lowest BCUT2D eigenvalue weighted by Crippen LogP contribution is -2.44. The first-order chi connectivity index (χ1) is 12.9. The molecule has 2 atom stereocenters. The van der Waals surface area contributed by atoms with E-state index < -0.39 is 10.0 Å². The molecule has 2 fully saturated rings. The molecule has 0 radical (unpaired) electrons. The maximum Gasteiger partial charge on any atom is 0.240 e. The van der Waals surface area contributed by atoms with Crippen LogP contribution < -0.4 is 14.8 Å². The predicted octanol–water partition coefficient (Wildman–Crippen LogP) is 1.49. The van der Waals surface area contributed by atoms with Gasteiger partial charge in [0, 0.05) is 30.8 Å². The number of methoxy groups -OCH3 is 1. The molecule has 2 aliphatic rings. The number of fused-ring (bicyclic) bond motifs is 2.